The number of hydrogen-bond donors (Lipinski definition) is 2. The molecule has 5 nitrogen and oxygen atoms in total. The average molecular weight is 408 g/mol. The minimum atomic E-state index is -3.50. The molecule has 1 aliphatic rings. The van der Waals surface area contributed by atoms with Gasteiger partial charge in [0.2, 0.25) is 15.9 Å². The molecule has 0 radical (unpaired) electrons. The molecule has 1 fully saturated rings. The lowest BCUT2D eigenvalue weighted by atomic mass is 9.85. The Hall–Kier alpha value is -2.32. The molecule has 0 aromatic heterocycles. The second kappa shape index (κ2) is 7.97. The predicted octanol–water partition coefficient (Wildman–Crippen LogP) is 2.93. The zero-order valence-electron chi connectivity index (χ0n) is 15.6. The van der Waals surface area contributed by atoms with Gasteiger partial charge in [0.25, 0.3) is 0 Å². The van der Waals surface area contributed by atoms with E-state index in [0.717, 1.165) is 11.6 Å². The first kappa shape index (κ1) is 20.4. The number of carbonyl (C=O) groups is 1. The number of piperidine rings is 1. The largest absolute Gasteiger partial charge is 0.354 e. The predicted molar refractivity (Wildman–Crippen MR) is 103 cm³/mol. The molecular formula is C20H22F2N2O3S. The third-order valence-corrected chi connectivity index (χ3v) is 6.80. The minimum absolute atomic E-state index is 0.148. The summed E-state index contributed by atoms with van der Waals surface area (Å²) in [6, 6.07) is 9.78. The van der Waals surface area contributed by atoms with Gasteiger partial charge in [-0.05, 0) is 37.1 Å². The number of rotatable bonds is 5. The summed E-state index contributed by atoms with van der Waals surface area (Å²) in [4.78, 5) is 11.9. The summed E-state index contributed by atoms with van der Waals surface area (Å²) >= 11 is 0. The summed E-state index contributed by atoms with van der Waals surface area (Å²) < 4.78 is 54.3. The molecule has 0 aliphatic carbocycles. The fraction of sp³-hybridized carbons (Fsp3) is 0.350. The summed E-state index contributed by atoms with van der Waals surface area (Å²) in [5.74, 6) is -1.80. The maximum Gasteiger partial charge on any atom is 0.220 e. The molecule has 1 saturated heterocycles. The van der Waals surface area contributed by atoms with Crippen LogP contribution in [0.15, 0.2) is 42.5 Å². The normalized spacial score (nSPS) is 20.2. The van der Waals surface area contributed by atoms with Crippen molar-refractivity contribution < 1.29 is 22.0 Å². The van der Waals surface area contributed by atoms with E-state index in [1.807, 2.05) is 0 Å². The molecule has 8 heteroatoms. The zero-order chi connectivity index (χ0) is 20.5. The van der Waals surface area contributed by atoms with Crippen molar-refractivity contribution in [3.8, 4) is 11.1 Å². The molecule has 28 heavy (non-hydrogen) atoms. The highest BCUT2D eigenvalue weighted by Gasteiger charge is 2.34. The van der Waals surface area contributed by atoms with Crippen molar-refractivity contribution in [1.29, 1.82) is 0 Å². The molecule has 2 atom stereocenters. The first-order valence-electron chi connectivity index (χ1n) is 9.00. The fourth-order valence-corrected chi connectivity index (χ4v) is 4.18. The Morgan fingerprint density at radius 1 is 1.11 bits per heavy atom. The van der Waals surface area contributed by atoms with Crippen LogP contribution in [0.3, 0.4) is 0 Å². The van der Waals surface area contributed by atoms with Crippen molar-refractivity contribution in [2.24, 2.45) is 0 Å². The van der Waals surface area contributed by atoms with Crippen molar-refractivity contribution >= 4 is 15.9 Å². The van der Waals surface area contributed by atoms with Gasteiger partial charge < -0.3 is 5.32 Å². The summed E-state index contributed by atoms with van der Waals surface area (Å²) in [5, 5.41) is 2.10. The smallest absolute Gasteiger partial charge is 0.220 e. The van der Waals surface area contributed by atoms with Gasteiger partial charge in [0.05, 0.1) is 5.25 Å². The first-order valence-corrected chi connectivity index (χ1v) is 10.5. The quantitative estimate of drug-likeness (QED) is 0.799. The molecule has 150 valence electrons. The molecule has 1 amide bonds. The van der Waals surface area contributed by atoms with E-state index < -0.39 is 32.9 Å². The standard InChI is InChI=1S/C20H22F2N2O3S/c1-12(2)28(26,27)24-19-11-23-20(25)10-17(19)14-5-3-13(4-6-14)16-8-7-15(21)9-18(16)22/h3-9,12,17,19,24H,10-11H2,1-2H3,(H,23,25). The van der Waals surface area contributed by atoms with Gasteiger partial charge in [0.1, 0.15) is 11.6 Å². The molecule has 1 aliphatic heterocycles. The molecule has 2 aromatic carbocycles. The van der Waals surface area contributed by atoms with E-state index in [-0.39, 0.29) is 30.4 Å². The molecule has 0 bridgehead atoms. The first-order chi connectivity index (χ1) is 13.2. The van der Waals surface area contributed by atoms with Crippen LogP contribution in [-0.2, 0) is 14.8 Å². The van der Waals surface area contributed by atoms with Crippen LogP contribution in [0.25, 0.3) is 11.1 Å². The summed E-state index contributed by atoms with van der Waals surface area (Å²) in [6.07, 6.45) is 0.148. The third kappa shape index (κ3) is 4.39. The third-order valence-electron chi connectivity index (χ3n) is 4.93. The zero-order valence-corrected chi connectivity index (χ0v) is 16.4. The molecule has 0 spiro atoms. The molecule has 2 aromatic rings. The molecule has 3 rings (SSSR count). The van der Waals surface area contributed by atoms with E-state index in [2.05, 4.69) is 10.0 Å². The summed E-state index contributed by atoms with van der Waals surface area (Å²) in [6.45, 7) is 3.37. The monoisotopic (exact) mass is 408 g/mol. The van der Waals surface area contributed by atoms with Gasteiger partial charge in [-0.2, -0.15) is 0 Å². The van der Waals surface area contributed by atoms with Crippen LogP contribution in [-0.4, -0.2) is 32.2 Å². The van der Waals surface area contributed by atoms with Crippen molar-refractivity contribution in [1.82, 2.24) is 10.0 Å². The van der Waals surface area contributed by atoms with Crippen LogP contribution in [0.4, 0.5) is 8.78 Å². The van der Waals surface area contributed by atoms with Gasteiger partial charge in [-0.3, -0.25) is 4.79 Å². The van der Waals surface area contributed by atoms with Gasteiger partial charge in [-0.25, -0.2) is 21.9 Å². The lowest BCUT2D eigenvalue weighted by Crippen LogP contribution is -2.53. The number of amides is 1. The van der Waals surface area contributed by atoms with E-state index in [1.165, 1.54) is 12.1 Å². The van der Waals surface area contributed by atoms with Crippen molar-refractivity contribution in [3.63, 3.8) is 0 Å². The number of carbonyl (C=O) groups excluding carboxylic acids is 1. The van der Waals surface area contributed by atoms with Gasteiger partial charge >= 0.3 is 0 Å². The van der Waals surface area contributed by atoms with Gasteiger partial charge in [0.15, 0.2) is 0 Å². The topological polar surface area (TPSA) is 75.3 Å². The van der Waals surface area contributed by atoms with E-state index in [1.54, 1.807) is 38.1 Å². The highest BCUT2D eigenvalue weighted by Crippen LogP contribution is 2.30. The van der Waals surface area contributed by atoms with Gasteiger partial charge in [-0.1, -0.05) is 24.3 Å². The Morgan fingerprint density at radius 3 is 2.39 bits per heavy atom. The SMILES string of the molecule is CC(C)S(=O)(=O)NC1CNC(=O)CC1c1ccc(-c2ccc(F)cc2F)cc1. The number of halogens is 2. The molecular weight excluding hydrogens is 386 g/mol. The second-order valence-electron chi connectivity index (χ2n) is 7.18. The van der Waals surface area contributed by atoms with E-state index in [9.17, 15) is 22.0 Å². The maximum absolute atomic E-state index is 14.0. The van der Waals surface area contributed by atoms with Crippen molar-refractivity contribution in [3.05, 3.63) is 59.7 Å². The van der Waals surface area contributed by atoms with Crippen molar-refractivity contribution in [2.75, 3.05) is 6.54 Å². The lowest BCUT2D eigenvalue weighted by Gasteiger charge is -2.33. The lowest BCUT2D eigenvalue weighted by molar-refractivity contribution is -0.123. The Labute approximate surface area is 163 Å². The van der Waals surface area contributed by atoms with Gasteiger partial charge in [0, 0.05) is 36.6 Å². The van der Waals surface area contributed by atoms with Crippen molar-refractivity contribution in [2.45, 2.75) is 37.5 Å². The molecule has 1 heterocycles. The Balaban J connectivity index is 1.88. The van der Waals surface area contributed by atoms with Gasteiger partial charge in [-0.15, -0.1) is 0 Å². The number of benzene rings is 2. The number of hydrogen-bond acceptors (Lipinski definition) is 3. The Morgan fingerprint density at radius 2 is 1.79 bits per heavy atom. The Kier molecular flexibility index (Phi) is 5.81. The van der Waals surface area contributed by atoms with Crippen LogP contribution in [0.5, 0.6) is 0 Å². The number of nitrogens with one attached hydrogen (secondary N) is 2. The van der Waals surface area contributed by atoms with E-state index >= 15 is 0 Å². The van der Waals surface area contributed by atoms with Crippen LogP contribution in [0, 0.1) is 11.6 Å². The summed E-state index contributed by atoms with van der Waals surface area (Å²) in [7, 11) is -3.50. The average Bonchev–Trinajstić information content (AvgIpc) is 2.63. The van der Waals surface area contributed by atoms with Crippen LogP contribution in [0.2, 0.25) is 0 Å². The second-order valence-corrected chi connectivity index (χ2v) is 9.45. The molecule has 2 N–H and O–H groups in total. The Bertz CT molecular complexity index is 975. The minimum Gasteiger partial charge on any atom is -0.354 e. The van der Waals surface area contributed by atoms with E-state index in [4.69, 9.17) is 0 Å². The highest BCUT2D eigenvalue weighted by molar-refractivity contribution is 7.90. The van der Waals surface area contributed by atoms with Crippen LogP contribution in [0.1, 0.15) is 31.7 Å². The van der Waals surface area contributed by atoms with Crippen LogP contribution >= 0.6 is 0 Å². The van der Waals surface area contributed by atoms with Crippen LogP contribution < -0.4 is 10.0 Å². The summed E-state index contributed by atoms with van der Waals surface area (Å²) in [5.41, 5.74) is 1.62. The number of sulfonamides is 1. The molecule has 0 saturated carbocycles. The molecule has 2 unspecified atom stereocenters. The van der Waals surface area contributed by atoms with E-state index in [0.29, 0.717) is 5.56 Å². The fourth-order valence-electron chi connectivity index (χ4n) is 3.23. The maximum atomic E-state index is 14.0. The highest BCUT2D eigenvalue weighted by atomic mass is 32.2.